The maximum absolute atomic E-state index is 12.8. The first-order chi connectivity index (χ1) is 18.3. The van der Waals surface area contributed by atoms with Crippen molar-refractivity contribution in [3.8, 4) is 28.5 Å². The summed E-state index contributed by atoms with van der Waals surface area (Å²) in [5.74, 6) is -0.512. The highest BCUT2D eigenvalue weighted by Gasteiger charge is 2.29. The van der Waals surface area contributed by atoms with Gasteiger partial charge in [0.2, 0.25) is 0 Å². The SMILES string of the molecule is O=C(Cc1ccc(-c2ccc(Cl)c(Cl)c2)nn1)c1ccc(Oc2cc3c(cc2Cl)C(C(=O)O)CCO3)cc1. The number of Topliss-reactive ketones (excluding diaryl/α,β-unsaturated/α-hetero) is 1. The second kappa shape index (κ2) is 11.0. The zero-order valence-electron chi connectivity index (χ0n) is 19.7. The summed E-state index contributed by atoms with van der Waals surface area (Å²) in [6.07, 6.45) is 0.453. The average molecular weight is 570 g/mol. The predicted octanol–water partition coefficient (Wildman–Crippen LogP) is 7.27. The molecule has 38 heavy (non-hydrogen) atoms. The van der Waals surface area contributed by atoms with Crippen LogP contribution in [0.1, 0.15) is 34.0 Å². The van der Waals surface area contributed by atoms with Crippen LogP contribution in [0, 0.1) is 0 Å². The zero-order chi connectivity index (χ0) is 26.8. The molecule has 0 radical (unpaired) electrons. The van der Waals surface area contributed by atoms with E-state index in [2.05, 4.69) is 10.2 Å². The molecule has 1 unspecified atom stereocenters. The van der Waals surface area contributed by atoms with Crippen molar-refractivity contribution in [3.05, 3.63) is 98.6 Å². The Hall–Kier alpha value is -3.65. The van der Waals surface area contributed by atoms with E-state index in [0.717, 1.165) is 5.56 Å². The van der Waals surface area contributed by atoms with Gasteiger partial charge in [-0.05, 0) is 61.0 Å². The van der Waals surface area contributed by atoms with Crippen LogP contribution in [-0.2, 0) is 11.2 Å². The van der Waals surface area contributed by atoms with E-state index in [0.29, 0.717) is 62.8 Å². The third-order valence-electron chi connectivity index (χ3n) is 6.08. The van der Waals surface area contributed by atoms with Crippen molar-refractivity contribution in [1.82, 2.24) is 10.2 Å². The molecule has 0 amide bonds. The summed E-state index contributed by atoms with van der Waals surface area (Å²) in [4.78, 5) is 24.3. The van der Waals surface area contributed by atoms with Crippen molar-refractivity contribution in [1.29, 1.82) is 0 Å². The van der Waals surface area contributed by atoms with Crippen molar-refractivity contribution in [2.24, 2.45) is 0 Å². The number of aromatic nitrogens is 2. The zero-order valence-corrected chi connectivity index (χ0v) is 21.9. The molecule has 1 atom stereocenters. The molecule has 0 spiro atoms. The van der Waals surface area contributed by atoms with Crippen LogP contribution in [0.3, 0.4) is 0 Å². The highest BCUT2D eigenvalue weighted by atomic mass is 35.5. The molecule has 2 heterocycles. The molecule has 1 aromatic heterocycles. The Kier molecular flexibility index (Phi) is 7.51. The standard InChI is InChI=1S/C28H19Cl3N2O5/c29-21-7-3-16(11-22(21)30)24-8-4-17(32-33-24)12-25(34)15-1-5-18(6-2-15)38-27-14-26-20(13-23(27)31)19(28(35)36)9-10-37-26/h1-8,11,13-14,19H,9-10,12H2,(H,35,36). The van der Waals surface area contributed by atoms with E-state index >= 15 is 0 Å². The molecular weight excluding hydrogens is 551 g/mol. The summed E-state index contributed by atoms with van der Waals surface area (Å²) < 4.78 is 11.5. The predicted molar refractivity (Wildman–Crippen MR) is 144 cm³/mol. The summed E-state index contributed by atoms with van der Waals surface area (Å²) >= 11 is 18.4. The molecule has 0 saturated carbocycles. The second-order valence-corrected chi connectivity index (χ2v) is 9.84. The minimum Gasteiger partial charge on any atom is -0.493 e. The van der Waals surface area contributed by atoms with Gasteiger partial charge in [-0.3, -0.25) is 9.59 Å². The molecule has 4 aromatic rings. The molecule has 0 saturated heterocycles. The molecule has 10 heteroatoms. The first kappa shape index (κ1) is 26.0. The van der Waals surface area contributed by atoms with Gasteiger partial charge in [0.1, 0.15) is 17.2 Å². The Balaban J connectivity index is 1.25. The van der Waals surface area contributed by atoms with Crippen LogP contribution in [0.15, 0.2) is 66.7 Å². The van der Waals surface area contributed by atoms with E-state index in [4.69, 9.17) is 44.3 Å². The van der Waals surface area contributed by atoms with Crippen LogP contribution in [0.4, 0.5) is 0 Å². The maximum atomic E-state index is 12.8. The molecule has 1 N–H and O–H groups in total. The lowest BCUT2D eigenvalue weighted by atomic mass is 9.93. The van der Waals surface area contributed by atoms with Gasteiger partial charge in [-0.15, -0.1) is 0 Å². The van der Waals surface area contributed by atoms with Gasteiger partial charge in [-0.2, -0.15) is 10.2 Å². The number of fused-ring (bicyclic) bond motifs is 1. The number of carbonyl (C=O) groups excluding carboxylic acids is 1. The molecule has 1 aliphatic heterocycles. The normalized spacial score (nSPS) is 14.3. The third kappa shape index (κ3) is 5.60. The smallest absolute Gasteiger partial charge is 0.311 e. The first-order valence-corrected chi connectivity index (χ1v) is 12.7. The van der Waals surface area contributed by atoms with E-state index < -0.39 is 11.9 Å². The third-order valence-corrected chi connectivity index (χ3v) is 7.12. The number of ketones is 1. The van der Waals surface area contributed by atoms with Gasteiger partial charge < -0.3 is 14.6 Å². The van der Waals surface area contributed by atoms with Gasteiger partial charge in [-0.25, -0.2) is 0 Å². The number of halogens is 3. The second-order valence-electron chi connectivity index (χ2n) is 8.61. The summed E-state index contributed by atoms with van der Waals surface area (Å²) in [6.45, 7) is 0.296. The molecule has 0 aliphatic carbocycles. The number of hydrogen-bond donors (Lipinski definition) is 1. The van der Waals surface area contributed by atoms with E-state index in [1.54, 1.807) is 66.7 Å². The van der Waals surface area contributed by atoms with E-state index in [1.807, 2.05) is 0 Å². The van der Waals surface area contributed by atoms with E-state index in [-0.39, 0.29) is 17.2 Å². The van der Waals surface area contributed by atoms with Crippen LogP contribution < -0.4 is 9.47 Å². The summed E-state index contributed by atoms with van der Waals surface area (Å²) in [6, 6.07) is 18.5. The van der Waals surface area contributed by atoms with Gasteiger partial charge >= 0.3 is 5.97 Å². The molecule has 192 valence electrons. The Morgan fingerprint density at radius 3 is 2.39 bits per heavy atom. The highest BCUT2D eigenvalue weighted by Crippen LogP contribution is 2.41. The van der Waals surface area contributed by atoms with Gasteiger partial charge in [0, 0.05) is 22.8 Å². The van der Waals surface area contributed by atoms with E-state index in [9.17, 15) is 14.7 Å². The first-order valence-electron chi connectivity index (χ1n) is 11.6. The quantitative estimate of drug-likeness (QED) is 0.234. The number of carboxylic acid groups (broad SMARTS) is 1. The van der Waals surface area contributed by atoms with E-state index in [1.165, 1.54) is 0 Å². The average Bonchev–Trinajstić information content (AvgIpc) is 2.91. The van der Waals surface area contributed by atoms with Gasteiger partial charge in [0.15, 0.2) is 5.78 Å². The lowest BCUT2D eigenvalue weighted by molar-refractivity contribution is -0.139. The maximum Gasteiger partial charge on any atom is 0.311 e. The fraction of sp³-hybridized carbons (Fsp3) is 0.143. The summed E-state index contributed by atoms with van der Waals surface area (Å²) in [5, 5.41) is 19.0. The molecule has 5 rings (SSSR count). The van der Waals surface area contributed by atoms with Crippen molar-refractivity contribution in [3.63, 3.8) is 0 Å². The fourth-order valence-corrected chi connectivity index (χ4v) is 4.60. The molecular formula is C28H19Cl3N2O5. The number of benzene rings is 3. The molecule has 0 fully saturated rings. The van der Waals surface area contributed by atoms with Gasteiger partial charge in [-0.1, -0.05) is 40.9 Å². The van der Waals surface area contributed by atoms with Gasteiger partial charge in [0.05, 0.1) is 45.4 Å². The largest absolute Gasteiger partial charge is 0.493 e. The highest BCUT2D eigenvalue weighted by molar-refractivity contribution is 6.42. The van der Waals surface area contributed by atoms with Crippen LogP contribution >= 0.6 is 34.8 Å². The number of carbonyl (C=O) groups is 2. The number of rotatable bonds is 7. The lowest BCUT2D eigenvalue weighted by Gasteiger charge is -2.24. The lowest BCUT2D eigenvalue weighted by Crippen LogP contribution is -2.20. The van der Waals surface area contributed by atoms with Crippen LogP contribution in [0.2, 0.25) is 15.1 Å². The van der Waals surface area contributed by atoms with Crippen LogP contribution in [-0.4, -0.2) is 33.7 Å². The Morgan fingerprint density at radius 1 is 0.921 bits per heavy atom. The summed E-state index contributed by atoms with van der Waals surface area (Å²) in [7, 11) is 0. The number of hydrogen-bond acceptors (Lipinski definition) is 6. The van der Waals surface area contributed by atoms with Crippen molar-refractivity contribution >= 4 is 46.6 Å². The molecule has 0 bridgehead atoms. The van der Waals surface area contributed by atoms with Crippen molar-refractivity contribution < 1.29 is 24.2 Å². The van der Waals surface area contributed by atoms with Crippen molar-refractivity contribution in [2.75, 3.05) is 6.61 Å². The molecule has 1 aliphatic rings. The number of carboxylic acids is 1. The molecule has 7 nitrogen and oxygen atoms in total. The fourth-order valence-electron chi connectivity index (χ4n) is 4.09. The van der Waals surface area contributed by atoms with Crippen molar-refractivity contribution in [2.45, 2.75) is 18.8 Å². The number of ether oxygens (including phenoxy) is 2. The molecule has 3 aromatic carbocycles. The Labute approximate surface area is 232 Å². The minimum absolute atomic E-state index is 0.0770. The van der Waals surface area contributed by atoms with Gasteiger partial charge in [0.25, 0.3) is 0 Å². The summed E-state index contributed by atoms with van der Waals surface area (Å²) in [5.41, 5.74) is 2.92. The topological polar surface area (TPSA) is 98.6 Å². The van der Waals surface area contributed by atoms with Crippen LogP contribution in [0.25, 0.3) is 11.3 Å². The number of aliphatic carboxylic acids is 1. The monoisotopic (exact) mass is 568 g/mol. The Bertz CT molecular complexity index is 1530. The number of nitrogens with zero attached hydrogens (tertiary/aromatic N) is 2. The Morgan fingerprint density at radius 2 is 1.71 bits per heavy atom. The van der Waals surface area contributed by atoms with Crippen LogP contribution in [0.5, 0.6) is 17.2 Å². The minimum atomic E-state index is -0.923.